The lowest BCUT2D eigenvalue weighted by Crippen LogP contribution is -2.53. The van der Waals surface area contributed by atoms with Gasteiger partial charge in [-0.25, -0.2) is 4.79 Å². The van der Waals surface area contributed by atoms with Crippen molar-refractivity contribution in [2.45, 2.75) is 39.5 Å². The third kappa shape index (κ3) is 5.13. The molecule has 1 N–H and O–H groups in total. The lowest BCUT2D eigenvalue weighted by molar-refractivity contribution is -0.131. The second-order valence-electron chi connectivity index (χ2n) is 7.00. The number of piperazine rings is 1. The summed E-state index contributed by atoms with van der Waals surface area (Å²) in [7, 11) is 1.63. The van der Waals surface area contributed by atoms with E-state index in [9.17, 15) is 9.59 Å². The highest BCUT2D eigenvalue weighted by Gasteiger charge is 2.24. The molecule has 0 unspecified atom stereocenters. The molecule has 0 saturated carbocycles. The van der Waals surface area contributed by atoms with E-state index in [2.05, 4.69) is 25.2 Å². The molecule has 6 heteroatoms. The van der Waals surface area contributed by atoms with Gasteiger partial charge in [-0.05, 0) is 24.0 Å². The van der Waals surface area contributed by atoms with Crippen molar-refractivity contribution >= 4 is 11.9 Å². The van der Waals surface area contributed by atoms with Crippen LogP contribution in [0.5, 0.6) is 5.75 Å². The first kappa shape index (κ1) is 20.1. The Morgan fingerprint density at radius 2 is 1.81 bits per heavy atom. The van der Waals surface area contributed by atoms with Gasteiger partial charge in [0.25, 0.3) is 0 Å². The molecule has 1 saturated heterocycles. The molecular weight excluding hydrogens is 330 g/mol. The SMILES string of the molecule is CCCNC(=O)N1CCN(C(=O)Cc2cc(C(C)C)ccc2OC)CC1. The highest BCUT2D eigenvalue weighted by Crippen LogP contribution is 2.25. The van der Waals surface area contributed by atoms with Gasteiger partial charge >= 0.3 is 6.03 Å². The topological polar surface area (TPSA) is 61.9 Å². The minimum atomic E-state index is -0.0368. The van der Waals surface area contributed by atoms with Crippen LogP contribution in [-0.4, -0.2) is 61.6 Å². The average molecular weight is 361 g/mol. The van der Waals surface area contributed by atoms with Crippen molar-refractivity contribution in [1.29, 1.82) is 0 Å². The number of hydrogen-bond acceptors (Lipinski definition) is 3. The molecule has 1 aliphatic heterocycles. The number of amides is 3. The zero-order valence-corrected chi connectivity index (χ0v) is 16.4. The Morgan fingerprint density at radius 1 is 1.15 bits per heavy atom. The summed E-state index contributed by atoms with van der Waals surface area (Å²) in [5.41, 5.74) is 2.12. The van der Waals surface area contributed by atoms with E-state index in [0.717, 1.165) is 17.7 Å². The molecule has 1 aromatic carbocycles. The first-order valence-electron chi connectivity index (χ1n) is 9.43. The summed E-state index contributed by atoms with van der Waals surface area (Å²) in [6.07, 6.45) is 1.24. The van der Waals surface area contributed by atoms with Crippen LogP contribution in [0.4, 0.5) is 4.79 Å². The molecule has 1 aromatic rings. The number of methoxy groups -OCH3 is 1. The lowest BCUT2D eigenvalue weighted by atomic mass is 9.98. The van der Waals surface area contributed by atoms with Crippen molar-refractivity contribution < 1.29 is 14.3 Å². The number of ether oxygens (including phenoxy) is 1. The molecule has 26 heavy (non-hydrogen) atoms. The number of carbonyl (C=O) groups excluding carboxylic acids is 2. The maximum absolute atomic E-state index is 12.7. The summed E-state index contributed by atoms with van der Waals surface area (Å²) in [6.45, 7) is 9.28. The molecule has 0 radical (unpaired) electrons. The van der Waals surface area contributed by atoms with Crippen molar-refractivity contribution in [3.05, 3.63) is 29.3 Å². The predicted molar refractivity (Wildman–Crippen MR) is 103 cm³/mol. The number of hydrogen-bond donors (Lipinski definition) is 1. The van der Waals surface area contributed by atoms with Crippen molar-refractivity contribution in [2.75, 3.05) is 39.8 Å². The Labute approximate surface area is 156 Å². The van der Waals surface area contributed by atoms with Gasteiger partial charge in [0, 0.05) is 38.3 Å². The van der Waals surface area contributed by atoms with E-state index in [-0.39, 0.29) is 11.9 Å². The number of nitrogens with one attached hydrogen (secondary N) is 1. The van der Waals surface area contributed by atoms with Gasteiger partial charge in [-0.15, -0.1) is 0 Å². The zero-order chi connectivity index (χ0) is 19.1. The van der Waals surface area contributed by atoms with Crippen LogP contribution >= 0.6 is 0 Å². The lowest BCUT2D eigenvalue weighted by Gasteiger charge is -2.35. The van der Waals surface area contributed by atoms with Crippen LogP contribution < -0.4 is 10.1 Å². The molecule has 6 nitrogen and oxygen atoms in total. The Balaban J connectivity index is 1.95. The second-order valence-corrected chi connectivity index (χ2v) is 7.00. The molecule has 0 bridgehead atoms. The van der Waals surface area contributed by atoms with E-state index >= 15 is 0 Å². The van der Waals surface area contributed by atoms with Gasteiger partial charge in [-0.1, -0.05) is 32.9 Å². The molecule has 3 amide bonds. The Morgan fingerprint density at radius 3 is 2.38 bits per heavy atom. The number of rotatable bonds is 6. The van der Waals surface area contributed by atoms with Gasteiger partial charge in [0.1, 0.15) is 5.75 Å². The third-order valence-electron chi connectivity index (χ3n) is 4.76. The number of benzene rings is 1. The Hall–Kier alpha value is -2.24. The Kier molecular flexibility index (Phi) is 7.30. The van der Waals surface area contributed by atoms with Crippen LogP contribution in [0.3, 0.4) is 0 Å². The van der Waals surface area contributed by atoms with E-state index in [0.29, 0.717) is 45.1 Å². The van der Waals surface area contributed by atoms with Crippen molar-refractivity contribution in [2.24, 2.45) is 0 Å². The quantitative estimate of drug-likeness (QED) is 0.847. The predicted octanol–water partition coefficient (Wildman–Crippen LogP) is 2.62. The molecule has 0 spiro atoms. The molecule has 0 atom stereocenters. The van der Waals surface area contributed by atoms with Crippen molar-refractivity contribution in [3.8, 4) is 5.75 Å². The first-order chi connectivity index (χ1) is 12.5. The molecule has 0 aliphatic carbocycles. The monoisotopic (exact) mass is 361 g/mol. The van der Waals surface area contributed by atoms with Crippen molar-refractivity contribution in [3.63, 3.8) is 0 Å². The van der Waals surface area contributed by atoms with Gasteiger partial charge in [0.05, 0.1) is 13.5 Å². The minimum Gasteiger partial charge on any atom is -0.496 e. The van der Waals surface area contributed by atoms with Crippen LogP contribution in [0.2, 0.25) is 0 Å². The van der Waals surface area contributed by atoms with E-state index in [1.807, 2.05) is 24.0 Å². The number of carbonyl (C=O) groups is 2. The van der Waals surface area contributed by atoms with E-state index in [1.165, 1.54) is 5.56 Å². The highest BCUT2D eigenvalue weighted by atomic mass is 16.5. The van der Waals surface area contributed by atoms with Gasteiger partial charge < -0.3 is 19.9 Å². The zero-order valence-electron chi connectivity index (χ0n) is 16.4. The minimum absolute atomic E-state index is 0.0368. The van der Waals surface area contributed by atoms with Crippen LogP contribution in [0.25, 0.3) is 0 Å². The molecule has 1 aliphatic rings. The molecular formula is C20H31N3O3. The molecule has 1 heterocycles. The van der Waals surface area contributed by atoms with Crippen molar-refractivity contribution in [1.82, 2.24) is 15.1 Å². The molecule has 2 rings (SSSR count). The average Bonchev–Trinajstić information content (AvgIpc) is 2.66. The fourth-order valence-corrected chi connectivity index (χ4v) is 3.07. The van der Waals surface area contributed by atoms with Gasteiger partial charge in [-0.3, -0.25) is 4.79 Å². The molecule has 1 fully saturated rings. The summed E-state index contributed by atoms with van der Waals surface area (Å²) in [6, 6.07) is 6.01. The molecule has 144 valence electrons. The van der Waals surface area contributed by atoms with Gasteiger partial charge in [0.15, 0.2) is 0 Å². The fourth-order valence-electron chi connectivity index (χ4n) is 3.07. The summed E-state index contributed by atoms with van der Waals surface area (Å²) >= 11 is 0. The number of nitrogens with zero attached hydrogens (tertiary/aromatic N) is 2. The highest BCUT2D eigenvalue weighted by molar-refractivity contribution is 5.80. The first-order valence-corrected chi connectivity index (χ1v) is 9.43. The maximum atomic E-state index is 12.7. The summed E-state index contributed by atoms with van der Waals surface area (Å²) < 4.78 is 5.42. The maximum Gasteiger partial charge on any atom is 0.317 e. The third-order valence-corrected chi connectivity index (χ3v) is 4.76. The summed E-state index contributed by atoms with van der Waals surface area (Å²) in [5.74, 6) is 1.23. The standard InChI is InChI=1S/C20H31N3O3/c1-5-8-21-20(25)23-11-9-22(10-12-23)19(24)14-17-13-16(15(2)3)6-7-18(17)26-4/h6-7,13,15H,5,8-12,14H2,1-4H3,(H,21,25). The smallest absolute Gasteiger partial charge is 0.317 e. The Bertz CT molecular complexity index is 623. The van der Waals surface area contributed by atoms with Crippen LogP contribution in [-0.2, 0) is 11.2 Å². The van der Waals surface area contributed by atoms with Gasteiger partial charge in [-0.2, -0.15) is 0 Å². The summed E-state index contributed by atoms with van der Waals surface area (Å²) in [4.78, 5) is 28.3. The van der Waals surface area contributed by atoms with Crippen LogP contribution in [0, 0.1) is 0 Å². The van der Waals surface area contributed by atoms with Gasteiger partial charge in [0.2, 0.25) is 5.91 Å². The second kappa shape index (κ2) is 9.46. The van der Waals surface area contributed by atoms with Crippen LogP contribution in [0.1, 0.15) is 44.2 Å². The van der Waals surface area contributed by atoms with Crippen LogP contribution in [0.15, 0.2) is 18.2 Å². The summed E-state index contributed by atoms with van der Waals surface area (Å²) in [5, 5.41) is 2.88. The van der Waals surface area contributed by atoms with E-state index in [4.69, 9.17) is 4.74 Å². The van der Waals surface area contributed by atoms with E-state index < -0.39 is 0 Å². The fraction of sp³-hybridized carbons (Fsp3) is 0.600. The normalized spacial score (nSPS) is 14.5. The van der Waals surface area contributed by atoms with E-state index in [1.54, 1.807) is 12.0 Å². The number of urea groups is 1. The largest absolute Gasteiger partial charge is 0.496 e. The molecule has 0 aromatic heterocycles.